The molecule has 0 saturated carbocycles. The first kappa shape index (κ1) is 15.4. The van der Waals surface area contributed by atoms with Crippen LogP contribution in [0.1, 0.15) is 34.6 Å². The molecule has 2 amide bonds. The fourth-order valence-corrected chi connectivity index (χ4v) is 3.32. The van der Waals surface area contributed by atoms with Crippen LogP contribution in [0.4, 0.5) is 0 Å². The number of amides is 2. The Morgan fingerprint density at radius 3 is 2.35 bits per heavy atom. The maximum atomic E-state index is 12.2. The standard InChI is InChI=1S/C13H14INO4S/c1-8(2)20(18,19)6-5-15-12(16)10-4-3-9(14)7-11(10)13(15)17/h3-4,7-8H,5-6H2,1-2H3. The summed E-state index contributed by atoms with van der Waals surface area (Å²) in [7, 11) is -3.28. The highest BCUT2D eigenvalue weighted by Gasteiger charge is 2.36. The molecular weight excluding hydrogens is 393 g/mol. The molecule has 0 bridgehead atoms. The quantitative estimate of drug-likeness (QED) is 0.563. The average molecular weight is 407 g/mol. The second kappa shape index (κ2) is 5.44. The van der Waals surface area contributed by atoms with Gasteiger partial charge in [0, 0.05) is 10.1 Å². The van der Waals surface area contributed by atoms with Gasteiger partial charge in [0.25, 0.3) is 11.8 Å². The molecule has 1 aliphatic heterocycles. The van der Waals surface area contributed by atoms with Gasteiger partial charge in [-0.05, 0) is 54.6 Å². The molecule has 7 heteroatoms. The van der Waals surface area contributed by atoms with Gasteiger partial charge in [-0.25, -0.2) is 8.42 Å². The van der Waals surface area contributed by atoms with Crippen molar-refractivity contribution < 1.29 is 18.0 Å². The van der Waals surface area contributed by atoms with Crippen molar-refractivity contribution in [1.82, 2.24) is 4.90 Å². The molecule has 0 spiro atoms. The molecule has 0 aliphatic carbocycles. The Balaban J connectivity index is 2.21. The summed E-state index contributed by atoms with van der Waals surface area (Å²) in [6, 6.07) is 5.00. The molecule has 1 aliphatic rings. The van der Waals surface area contributed by atoms with Crippen molar-refractivity contribution in [1.29, 1.82) is 0 Å². The molecule has 1 heterocycles. The van der Waals surface area contributed by atoms with Crippen molar-refractivity contribution in [3.63, 3.8) is 0 Å². The van der Waals surface area contributed by atoms with Crippen LogP contribution in [0.2, 0.25) is 0 Å². The third-order valence-corrected chi connectivity index (χ3v) is 6.11. The zero-order valence-electron chi connectivity index (χ0n) is 11.1. The summed E-state index contributed by atoms with van der Waals surface area (Å²) in [5.74, 6) is -1.03. The molecule has 0 saturated heterocycles. The predicted molar refractivity (Wildman–Crippen MR) is 83.4 cm³/mol. The Labute approximate surface area is 131 Å². The Morgan fingerprint density at radius 2 is 1.75 bits per heavy atom. The maximum Gasteiger partial charge on any atom is 0.261 e. The highest BCUT2D eigenvalue weighted by molar-refractivity contribution is 14.1. The van der Waals surface area contributed by atoms with E-state index >= 15 is 0 Å². The zero-order chi connectivity index (χ0) is 15.1. The molecule has 0 aromatic heterocycles. The van der Waals surface area contributed by atoms with Crippen molar-refractivity contribution >= 4 is 44.2 Å². The second-order valence-electron chi connectivity index (χ2n) is 4.87. The van der Waals surface area contributed by atoms with E-state index in [-0.39, 0.29) is 12.3 Å². The third kappa shape index (κ3) is 2.73. The molecule has 0 unspecified atom stereocenters. The Morgan fingerprint density at radius 1 is 1.15 bits per heavy atom. The molecule has 1 aromatic carbocycles. The molecule has 0 radical (unpaired) electrons. The van der Waals surface area contributed by atoms with E-state index in [2.05, 4.69) is 22.6 Å². The van der Waals surface area contributed by atoms with Crippen LogP contribution in [0, 0.1) is 3.57 Å². The number of rotatable bonds is 4. The lowest BCUT2D eigenvalue weighted by molar-refractivity contribution is 0.0664. The van der Waals surface area contributed by atoms with Gasteiger partial charge in [-0.2, -0.15) is 0 Å². The van der Waals surface area contributed by atoms with Crippen molar-refractivity contribution in [3.8, 4) is 0 Å². The van der Waals surface area contributed by atoms with E-state index in [1.807, 2.05) is 0 Å². The first-order valence-corrected chi connectivity index (χ1v) is 8.91. The number of carbonyl (C=O) groups is 2. The molecule has 0 N–H and O–H groups in total. The van der Waals surface area contributed by atoms with E-state index in [0.717, 1.165) is 8.47 Å². The number of imide groups is 1. The Kier molecular flexibility index (Phi) is 4.19. The average Bonchev–Trinajstić information content (AvgIpc) is 2.59. The number of nitrogens with zero attached hydrogens (tertiary/aromatic N) is 1. The number of halogens is 1. The molecule has 1 aromatic rings. The van der Waals surface area contributed by atoms with Crippen LogP contribution in [0.25, 0.3) is 0 Å². The lowest BCUT2D eigenvalue weighted by Crippen LogP contribution is -2.35. The fraction of sp³-hybridized carbons (Fsp3) is 0.385. The van der Waals surface area contributed by atoms with Gasteiger partial charge >= 0.3 is 0 Å². The molecular formula is C13H14INO4S. The fourth-order valence-electron chi connectivity index (χ4n) is 1.92. The highest BCUT2D eigenvalue weighted by atomic mass is 127. The smallest absolute Gasteiger partial charge is 0.261 e. The molecule has 20 heavy (non-hydrogen) atoms. The first-order chi connectivity index (χ1) is 9.24. The SMILES string of the molecule is CC(C)S(=O)(=O)CCN1C(=O)c2ccc(I)cc2C1=O. The normalized spacial score (nSPS) is 15.1. The van der Waals surface area contributed by atoms with Crippen LogP contribution in [0.5, 0.6) is 0 Å². The van der Waals surface area contributed by atoms with Gasteiger partial charge in [-0.15, -0.1) is 0 Å². The molecule has 5 nitrogen and oxygen atoms in total. The largest absolute Gasteiger partial charge is 0.273 e. The number of fused-ring (bicyclic) bond motifs is 1. The van der Waals surface area contributed by atoms with Gasteiger partial charge in [-0.1, -0.05) is 0 Å². The van der Waals surface area contributed by atoms with E-state index in [0.29, 0.717) is 11.1 Å². The van der Waals surface area contributed by atoms with Crippen LogP contribution >= 0.6 is 22.6 Å². The number of hydrogen-bond acceptors (Lipinski definition) is 4. The van der Waals surface area contributed by atoms with Gasteiger partial charge in [0.05, 0.1) is 22.1 Å². The van der Waals surface area contributed by atoms with Gasteiger partial charge in [0.2, 0.25) is 0 Å². The van der Waals surface area contributed by atoms with Crippen molar-refractivity contribution in [2.24, 2.45) is 0 Å². The first-order valence-electron chi connectivity index (χ1n) is 6.11. The predicted octanol–water partition coefficient (Wildman–Crippen LogP) is 1.71. The number of sulfone groups is 1. The van der Waals surface area contributed by atoms with Crippen LogP contribution in [0.15, 0.2) is 18.2 Å². The monoisotopic (exact) mass is 407 g/mol. The van der Waals surface area contributed by atoms with Crippen molar-refractivity contribution in [2.75, 3.05) is 12.3 Å². The highest BCUT2D eigenvalue weighted by Crippen LogP contribution is 2.24. The number of hydrogen-bond donors (Lipinski definition) is 0. The van der Waals surface area contributed by atoms with E-state index in [1.54, 1.807) is 32.0 Å². The molecule has 0 atom stereocenters. The molecule has 108 valence electrons. The van der Waals surface area contributed by atoms with Gasteiger partial charge in [0.15, 0.2) is 9.84 Å². The van der Waals surface area contributed by atoms with Crippen molar-refractivity contribution in [3.05, 3.63) is 32.9 Å². The van der Waals surface area contributed by atoms with Crippen LogP contribution in [0.3, 0.4) is 0 Å². The third-order valence-electron chi connectivity index (χ3n) is 3.25. The van der Waals surface area contributed by atoms with E-state index < -0.39 is 26.9 Å². The van der Waals surface area contributed by atoms with E-state index in [1.165, 1.54) is 0 Å². The summed E-state index contributed by atoms with van der Waals surface area (Å²) in [6.45, 7) is 3.07. The minimum Gasteiger partial charge on any atom is -0.273 e. The van der Waals surface area contributed by atoms with Crippen LogP contribution in [-0.2, 0) is 9.84 Å². The summed E-state index contributed by atoms with van der Waals surface area (Å²) >= 11 is 2.06. The minimum atomic E-state index is -3.28. The lowest BCUT2D eigenvalue weighted by atomic mass is 10.1. The van der Waals surface area contributed by atoms with Crippen LogP contribution in [-0.4, -0.2) is 42.7 Å². The summed E-state index contributed by atoms with van der Waals surface area (Å²) in [5.41, 5.74) is 0.696. The Bertz CT molecular complexity index is 682. The van der Waals surface area contributed by atoms with Gasteiger partial charge in [-0.3, -0.25) is 14.5 Å². The minimum absolute atomic E-state index is 0.0938. The maximum absolute atomic E-state index is 12.2. The van der Waals surface area contributed by atoms with E-state index in [4.69, 9.17) is 0 Å². The summed E-state index contributed by atoms with van der Waals surface area (Å²) in [4.78, 5) is 25.3. The lowest BCUT2D eigenvalue weighted by Gasteiger charge is -2.15. The van der Waals surface area contributed by atoms with Crippen molar-refractivity contribution in [2.45, 2.75) is 19.1 Å². The van der Waals surface area contributed by atoms with E-state index in [9.17, 15) is 18.0 Å². The van der Waals surface area contributed by atoms with Gasteiger partial charge < -0.3 is 0 Å². The topological polar surface area (TPSA) is 71.5 Å². The summed E-state index contributed by atoms with van der Waals surface area (Å²) in [5, 5.41) is -0.515. The molecule has 0 fully saturated rings. The summed E-state index contributed by atoms with van der Waals surface area (Å²) < 4.78 is 24.4. The summed E-state index contributed by atoms with van der Waals surface area (Å²) in [6.07, 6.45) is 0. The Hall–Kier alpha value is -0.960. The molecule has 2 rings (SSSR count). The van der Waals surface area contributed by atoms with Gasteiger partial charge in [0.1, 0.15) is 0 Å². The van der Waals surface area contributed by atoms with Crippen LogP contribution < -0.4 is 0 Å². The second-order valence-corrected chi connectivity index (χ2v) is 8.79. The number of benzene rings is 1. The zero-order valence-corrected chi connectivity index (χ0v) is 14.1. The number of carbonyl (C=O) groups excluding carboxylic acids is 2.